The van der Waals surface area contributed by atoms with Gasteiger partial charge in [0.15, 0.2) is 0 Å². The molecule has 1 amide bonds. The van der Waals surface area contributed by atoms with E-state index < -0.39 is 0 Å². The van der Waals surface area contributed by atoms with E-state index in [2.05, 4.69) is 39.4 Å². The topological polar surface area (TPSA) is 32.3 Å². The maximum Gasteiger partial charge on any atom is 0.240 e. The number of rotatable bonds is 1. The molecule has 0 spiro atoms. The highest BCUT2D eigenvalue weighted by Gasteiger charge is 2.29. The Hall–Kier alpha value is -0.230. The molecule has 0 radical (unpaired) electrons. The number of benzene rings is 1. The molecule has 19 heavy (non-hydrogen) atoms. The van der Waals surface area contributed by atoms with Gasteiger partial charge in [-0.15, -0.1) is 24.2 Å². The minimum Gasteiger partial charge on any atom is -0.337 e. The monoisotopic (exact) mass is 362 g/mol. The van der Waals surface area contributed by atoms with E-state index >= 15 is 0 Å². The predicted octanol–water partition coefficient (Wildman–Crippen LogP) is 2.42. The molecule has 6 heteroatoms. The van der Waals surface area contributed by atoms with Gasteiger partial charge in [-0.3, -0.25) is 10.1 Å². The van der Waals surface area contributed by atoms with Crippen LogP contribution >= 0.6 is 40.1 Å². The molecule has 1 aromatic carbocycles. The fourth-order valence-electron chi connectivity index (χ4n) is 2.50. The third-order valence-corrected chi connectivity index (χ3v) is 5.22. The number of amides is 1. The summed E-state index contributed by atoms with van der Waals surface area (Å²) in [6.45, 7) is 1.57. The summed E-state index contributed by atoms with van der Waals surface area (Å²) in [6, 6.07) is 6.29. The molecule has 3 rings (SSSR count). The Morgan fingerprint density at radius 1 is 1.47 bits per heavy atom. The highest BCUT2D eigenvalue weighted by atomic mass is 79.9. The zero-order chi connectivity index (χ0) is 12.5. The van der Waals surface area contributed by atoms with Gasteiger partial charge in [-0.2, -0.15) is 0 Å². The van der Waals surface area contributed by atoms with Crippen LogP contribution in [0.15, 0.2) is 22.7 Å². The summed E-state index contributed by atoms with van der Waals surface area (Å²) in [4.78, 5) is 14.3. The molecule has 104 valence electrons. The molecule has 2 heterocycles. The van der Waals surface area contributed by atoms with Crippen LogP contribution in [0.2, 0.25) is 0 Å². The third-order valence-electron chi connectivity index (χ3n) is 3.54. The summed E-state index contributed by atoms with van der Waals surface area (Å²) in [6.07, 6.45) is 0.959. The number of hydrogen-bond acceptors (Lipinski definition) is 3. The first-order valence-corrected chi connectivity index (χ1v) is 8.06. The number of fused-ring (bicyclic) bond motifs is 1. The molecule has 0 saturated carbocycles. The van der Waals surface area contributed by atoms with Gasteiger partial charge in [0.2, 0.25) is 5.91 Å². The van der Waals surface area contributed by atoms with Crippen molar-refractivity contribution in [3.8, 4) is 0 Å². The van der Waals surface area contributed by atoms with Crippen molar-refractivity contribution in [2.24, 2.45) is 0 Å². The zero-order valence-corrected chi connectivity index (χ0v) is 13.6. The van der Waals surface area contributed by atoms with Gasteiger partial charge in [0.05, 0.1) is 6.04 Å². The highest BCUT2D eigenvalue weighted by Crippen LogP contribution is 2.27. The quantitative estimate of drug-likeness (QED) is 0.832. The number of nitrogens with one attached hydrogen (secondary N) is 1. The van der Waals surface area contributed by atoms with Crippen LogP contribution < -0.4 is 5.32 Å². The SMILES string of the molecule is Cl.O=C(C1CSCN1)N1CCc2cccc(Br)c2C1. The number of halogens is 2. The van der Waals surface area contributed by atoms with E-state index in [-0.39, 0.29) is 24.4 Å². The Morgan fingerprint density at radius 2 is 2.32 bits per heavy atom. The normalized spacial score (nSPS) is 21.7. The van der Waals surface area contributed by atoms with E-state index in [1.807, 2.05) is 4.90 Å². The van der Waals surface area contributed by atoms with Crippen LogP contribution in [0.25, 0.3) is 0 Å². The molecular weight excluding hydrogens is 348 g/mol. The van der Waals surface area contributed by atoms with Crippen LogP contribution in [-0.4, -0.2) is 35.0 Å². The largest absolute Gasteiger partial charge is 0.337 e. The molecule has 0 bridgehead atoms. The molecule has 1 fully saturated rings. The second-order valence-corrected chi connectivity index (χ2v) is 6.54. The van der Waals surface area contributed by atoms with Gasteiger partial charge >= 0.3 is 0 Å². The molecular formula is C13H16BrClN2OS. The average Bonchev–Trinajstić information content (AvgIpc) is 2.92. The van der Waals surface area contributed by atoms with Crippen molar-refractivity contribution in [2.45, 2.75) is 19.0 Å². The van der Waals surface area contributed by atoms with Gasteiger partial charge in [0.25, 0.3) is 0 Å². The van der Waals surface area contributed by atoms with Gasteiger partial charge in [0, 0.05) is 29.2 Å². The number of hydrogen-bond donors (Lipinski definition) is 1. The minimum atomic E-state index is 0. The van der Waals surface area contributed by atoms with Crippen molar-refractivity contribution in [3.05, 3.63) is 33.8 Å². The summed E-state index contributed by atoms with van der Waals surface area (Å²) in [5, 5.41) is 3.25. The van der Waals surface area contributed by atoms with Crippen LogP contribution in [0.5, 0.6) is 0 Å². The Balaban J connectivity index is 0.00000133. The first-order valence-electron chi connectivity index (χ1n) is 6.12. The molecule has 2 aliphatic rings. The Kier molecular flexibility index (Phi) is 5.17. The van der Waals surface area contributed by atoms with Crippen LogP contribution in [0.1, 0.15) is 11.1 Å². The maximum absolute atomic E-state index is 12.4. The number of carbonyl (C=O) groups excluding carboxylic acids is 1. The predicted molar refractivity (Wildman–Crippen MR) is 84.8 cm³/mol. The molecule has 1 unspecified atom stereocenters. The van der Waals surface area contributed by atoms with E-state index in [1.165, 1.54) is 11.1 Å². The highest BCUT2D eigenvalue weighted by molar-refractivity contribution is 9.10. The lowest BCUT2D eigenvalue weighted by Crippen LogP contribution is -2.46. The van der Waals surface area contributed by atoms with Gasteiger partial charge in [0.1, 0.15) is 0 Å². The van der Waals surface area contributed by atoms with Crippen molar-refractivity contribution in [1.29, 1.82) is 0 Å². The van der Waals surface area contributed by atoms with Crippen LogP contribution in [0.3, 0.4) is 0 Å². The van der Waals surface area contributed by atoms with E-state index in [9.17, 15) is 4.79 Å². The fourth-order valence-corrected chi connectivity index (χ4v) is 3.97. The van der Waals surface area contributed by atoms with Crippen molar-refractivity contribution in [2.75, 3.05) is 18.2 Å². The Bertz CT molecular complexity index is 480. The molecule has 1 N–H and O–H groups in total. The van der Waals surface area contributed by atoms with Gasteiger partial charge < -0.3 is 4.90 Å². The summed E-state index contributed by atoms with van der Waals surface area (Å²) in [5.41, 5.74) is 2.63. The van der Waals surface area contributed by atoms with Gasteiger partial charge in [-0.1, -0.05) is 28.1 Å². The van der Waals surface area contributed by atoms with Crippen molar-refractivity contribution >= 4 is 46.0 Å². The zero-order valence-electron chi connectivity index (χ0n) is 10.4. The standard InChI is InChI=1S/C13H15BrN2OS.ClH/c14-11-3-1-2-9-4-5-16(6-10(9)11)13(17)12-7-18-8-15-12;/h1-3,12,15H,4-8H2;1H. The number of carbonyl (C=O) groups is 1. The van der Waals surface area contributed by atoms with Crippen molar-refractivity contribution in [3.63, 3.8) is 0 Å². The van der Waals surface area contributed by atoms with E-state index in [1.54, 1.807) is 11.8 Å². The van der Waals surface area contributed by atoms with Crippen LogP contribution in [0, 0.1) is 0 Å². The van der Waals surface area contributed by atoms with Crippen molar-refractivity contribution < 1.29 is 4.79 Å². The van der Waals surface area contributed by atoms with Crippen molar-refractivity contribution in [1.82, 2.24) is 10.2 Å². The lowest BCUT2D eigenvalue weighted by molar-refractivity contribution is -0.133. The second-order valence-electron chi connectivity index (χ2n) is 4.66. The molecule has 0 aliphatic carbocycles. The summed E-state index contributed by atoms with van der Waals surface area (Å²) in [5.74, 6) is 2.05. The molecule has 0 aromatic heterocycles. The molecule has 1 aromatic rings. The van der Waals surface area contributed by atoms with Gasteiger partial charge in [-0.05, 0) is 23.6 Å². The molecule has 3 nitrogen and oxygen atoms in total. The maximum atomic E-state index is 12.4. The van der Waals surface area contributed by atoms with E-state index in [0.29, 0.717) is 0 Å². The fraction of sp³-hybridized carbons (Fsp3) is 0.462. The summed E-state index contributed by atoms with van der Waals surface area (Å²) < 4.78 is 1.12. The molecule has 2 aliphatic heterocycles. The number of nitrogens with zero attached hydrogens (tertiary/aromatic N) is 1. The Labute approximate surface area is 132 Å². The van der Waals surface area contributed by atoms with E-state index in [0.717, 1.165) is 35.6 Å². The Morgan fingerprint density at radius 3 is 3.05 bits per heavy atom. The smallest absolute Gasteiger partial charge is 0.240 e. The second kappa shape index (κ2) is 6.48. The third kappa shape index (κ3) is 3.10. The van der Waals surface area contributed by atoms with Crippen LogP contribution in [0.4, 0.5) is 0 Å². The molecule has 1 atom stereocenters. The van der Waals surface area contributed by atoms with Crippen LogP contribution in [-0.2, 0) is 17.8 Å². The average molecular weight is 364 g/mol. The lowest BCUT2D eigenvalue weighted by Gasteiger charge is -2.31. The first kappa shape index (κ1) is 15.2. The summed E-state index contributed by atoms with van der Waals surface area (Å²) >= 11 is 5.38. The lowest BCUT2D eigenvalue weighted by atomic mass is 9.99. The number of thioether (sulfide) groups is 1. The van der Waals surface area contributed by atoms with Gasteiger partial charge in [-0.25, -0.2) is 0 Å². The summed E-state index contributed by atoms with van der Waals surface area (Å²) in [7, 11) is 0. The first-order chi connectivity index (χ1) is 8.75. The molecule has 1 saturated heterocycles. The van der Waals surface area contributed by atoms with E-state index in [4.69, 9.17) is 0 Å². The minimum absolute atomic E-state index is 0.